The molecule has 7 heteroatoms. The number of morpholine rings is 1. The molecule has 1 N–H and O–H groups in total. The number of amides is 1. The maximum atomic E-state index is 13.4. The summed E-state index contributed by atoms with van der Waals surface area (Å²) in [6, 6.07) is 7.18. The zero-order valence-corrected chi connectivity index (χ0v) is 15.8. The number of fused-ring (bicyclic) bond motifs is 1. The van der Waals surface area contributed by atoms with Crippen LogP contribution < -0.4 is 4.90 Å². The Labute approximate surface area is 158 Å². The second-order valence-corrected chi connectivity index (χ2v) is 8.15. The Morgan fingerprint density at radius 1 is 1.19 bits per heavy atom. The highest BCUT2D eigenvalue weighted by Gasteiger charge is 2.58. The van der Waals surface area contributed by atoms with Crippen molar-refractivity contribution >= 4 is 17.4 Å². The van der Waals surface area contributed by atoms with Gasteiger partial charge < -0.3 is 14.6 Å². The molecule has 0 saturated carbocycles. The number of nitrogens with zero attached hydrogens (tertiary/aromatic N) is 2. The average molecular weight is 374 g/mol. The summed E-state index contributed by atoms with van der Waals surface area (Å²) >= 11 is 0. The van der Waals surface area contributed by atoms with E-state index in [1.54, 1.807) is 17.0 Å². The van der Waals surface area contributed by atoms with Crippen LogP contribution in [0.2, 0.25) is 0 Å². The predicted octanol–water partition coefficient (Wildman–Crippen LogP) is 0.895. The quantitative estimate of drug-likeness (QED) is 0.847. The molecule has 2 fully saturated rings. The molecular weight excluding hydrogens is 348 g/mol. The van der Waals surface area contributed by atoms with Gasteiger partial charge in [-0.05, 0) is 19.9 Å². The molecule has 4 rings (SSSR count). The summed E-state index contributed by atoms with van der Waals surface area (Å²) in [5.74, 6) is -1.48. The minimum absolute atomic E-state index is 0.0355. The van der Waals surface area contributed by atoms with Crippen LogP contribution >= 0.6 is 0 Å². The molecule has 1 aromatic rings. The van der Waals surface area contributed by atoms with Gasteiger partial charge in [0.15, 0.2) is 5.60 Å². The standard InChI is InChI=1S/C20H26N2O5/c1-19(2)11-17(23)15(12-27-19)20(25)14-5-3-4-6-16(14)22(18(20)24)13-21-7-9-26-10-8-21/h3-6,15,25H,7-13H2,1-2H3. The van der Waals surface area contributed by atoms with Crippen molar-refractivity contribution in [2.75, 3.05) is 44.5 Å². The Morgan fingerprint density at radius 2 is 1.89 bits per heavy atom. The van der Waals surface area contributed by atoms with Gasteiger partial charge in [0.1, 0.15) is 5.78 Å². The van der Waals surface area contributed by atoms with Gasteiger partial charge in [0.25, 0.3) is 5.91 Å². The molecule has 0 radical (unpaired) electrons. The first kappa shape index (κ1) is 18.6. The monoisotopic (exact) mass is 374 g/mol. The molecule has 146 valence electrons. The van der Waals surface area contributed by atoms with Gasteiger partial charge in [-0.2, -0.15) is 0 Å². The van der Waals surface area contributed by atoms with Gasteiger partial charge in [-0.3, -0.25) is 19.4 Å². The van der Waals surface area contributed by atoms with E-state index in [0.29, 0.717) is 31.1 Å². The van der Waals surface area contributed by atoms with Crippen LogP contribution in [0.15, 0.2) is 24.3 Å². The molecule has 0 spiro atoms. The number of aliphatic hydroxyl groups is 1. The molecule has 2 saturated heterocycles. The molecule has 1 amide bonds. The summed E-state index contributed by atoms with van der Waals surface area (Å²) in [5.41, 5.74) is -1.30. The van der Waals surface area contributed by atoms with E-state index in [1.807, 2.05) is 26.0 Å². The second-order valence-electron chi connectivity index (χ2n) is 8.15. The lowest BCUT2D eigenvalue weighted by atomic mass is 9.76. The number of benzene rings is 1. The van der Waals surface area contributed by atoms with Gasteiger partial charge in [-0.15, -0.1) is 0 Å². The van der Waals surface area contributed by atoms with Crippen molar-refractivity contribution in [3.05, 3.63) is 29.8 Å². The Kier molecular flexibility index (Phi) is 4.58. The molecule has 0 aliphatic carbocycles. The normalized spacial score (nSPS) is 31.2. The van der Waals surface area contributed by atoms with Gasteiger partial charge in [0, 0.05) is 25.1 Å². The van der Waals surface area contributed by atoms with Crippen molar-refractivity contribution in [3.8, 4) is 0 Å². The fraction of sp³-hybridized carbons (Fsp3) is 0.600. The topological polar surface area (TPSA) is 79.3 Å². The van der Waals surface area contributed by atoms with Crippen LogP contribution in [0.1, 0.15) is 25.8 Å². The van der Waals surface area contributed by atoms with E-state index in [9.17, 15) is 14.7 Å². The van der Waals surface area contributed by atoms with Crippen molar-refractivity contribution in [1.29, 1.82) is 0 Å². The minimum atomic E-state index is -1.88. The maximum Gasteiger partial charge on any atom is 0.265 e. The largest absolute Gasteiger partial charge is 0.379 e. The van der Waals surface area contributed by atoms with E-state index in [-0.39, 0.29) is 18.8 Å². The molecule has 2 unspecified atom stereocenters. The molecule has 2 atom stereocenters. The van der Waals surface area contributed by atoms with Crippen LogP contribution in [0.4, 0.5) is 5.69 Å². The highest BCUT2D eigenvalue weighted by Crippen LogP contribution is 2.47. The number of ketones is 1. The first-order chi connectivity index (χ1) is 12.8. The number of ether oxygens (including phenoxy) is 2. The van der Waals surface area contributed by atoms with Crippen molar-refractivity contribution in [2.45, 2.75) is 31.5 Å². The van der Waals surface area contributed by atoms with Crippen LogP contribution in [-0.2, 0) is 24.7 Å². The third-order valence-electron chi connectivity index (χ3n) is 5.76. The molecule has 3 aliphatic rings. The van der Waals surface area contributed by atoms with Crippen LogP contribution in [0.5, 0.6) is 0 Å². The maximum absolute atomic E-state index is 13.4. The van der Waals surface area contributed by atoms with E-state index in [0.717, 1.165) is 13.1 Å². The summed E-state index contributed by atoms with van der Waals surface area (Å²) in [6.45, 7) is 6.80. The number of hydrogen-bond acceptors (Lipinski definition) is 6. The number of carbonyl (C=O) groups is 2. The number of Topliss-reactive ketones (excluding diaryl/α,β-unsaturated/α-hetero) is 1. The van der Waals surface area contributed by atoms with Crippen molar-refractivity contribution in [3.63, 3.8) is 0 Å². The molecule has 0 aromatic heterocycles. The first-order valence-electron chi connectivity index (χ1n) is 9.43. The van der Waals surface area contributed by atoms with Crippen LogP contribution in [0, 0.1) is 5.92 Å². The lowest BCUT2D eigenvalue weighted by Crippen LogP contribution is -2.55. The lowest BCUT2D eigenvalue weighted by Gasteiger charge is -2.39. The highest BCUT2D eigenvalue weighted by atomic mass is 16.5. The molecule has 3 aliphatic heterocycles. The Morgan fingerprint density at radius 3 is 2.59 bits per heavy atom. The molecule has 1 aromatic carbocycles. The summed E-state index contributed by atoms with van der Waals surface area (Å²) in [5, 5.41) is 11.5. The van der Waals surface area contributed by atoms with Crippen molar-refractivity contribution < 1.29 is 24.2 Å². The highest BCUT2D eigenvalue weighted by molar-refractivity contribution is 6.09. The van der Waals surface area contributed by atoms with Gasteiger partial charge in [0.2, 0.25) is 0 Å². The molecule has 0 bridgehead atoms. The van der Waals surface area contributed by atoms with E-state index in [1.165, 1.54) is 0 Å². The summed E-state index contributed by atoms with van der Waals surface area (Å²) < 4.78 is 11.2. The Balaban J connectivity index is 1.67. The van der Waals surface area contributed by atoms with Crippen molar-refractivity contribution in [2.24, 2.45) is 5.92 Å². The van der Waals surface area contributed by atoms with Crippen LogP contribution in [0.25, 0.3) is 0 Å². The molecular formula is C20H26N2O5. The number of rotatable bonds is 3. The fourth-order valence-corrected chi connectivity index (χ4v) is 4.23. The van der Waals surface area contributed by atoms with Gasteiger partial charge in [-0.25, -0.2) is 0 Å². The smallest absolute Gasteiger partial charge is 0.265 e. The second kappa shape index (κ2) is 6.67. The van der Waals surface area contributed by atoms with E-state index in [4.69, 9.17) is 9.47 Å². The predicted molar refractivity (Wildman–Crippen MR) is 98.2 cm³/mol. The fourth-order valence-electron chi connectivity index (χ4n) is 4.23. The van der Waals surface area contributed by atoms with E-state index >= 15 is 0 Å². The molecule has 3 heterocycles. The number of para-hydroxylation sites is 1. The zero-order chi connectivity index (χ0) is 19.2. The van der Waals surface area contributed by atoms with Crippen LogP contribution in [0.3, 0.4) is 0 Å². The summed E-state index contributed by atoms with van der Waals surface area (Å²) in [6.07, 6.45) is 0.179. The van der Waals surface area contributed by atoms with Crippen molar-refractivity contribution in [1.82, 2.24) is 4.90 Å². The van der Waals surface area contributed by atoms with Gasteiger partial charge in [-0.1, -0.05) is 18.2 Å². The van der Waals surface area contributed by atoms with Gasteiger partial charge >= 0.3 is 0 Å². The van der Waals surface area contributed by atoms with E-state index in [2.05, 4.69) is 4.90 Å². The number of carbonyl (C=O) groups excluding carboxylic acids is 2. The minimum Gasteiger partial charge on any atom is -0.379 e. The lowest BCUT2D eigenvalue weighted by molar-refractivity contribution is -0.172. The number of anilines is 1. The summed E-state index contributed by atoms with van der Waals surface area (Å²) in [4.78, 5) is 29.9. The van der Waals surface area contributed by atoms with Gasteiger partial charge in [0.05, 0.1) is 43.7 Å². The number of hydrogen-bond donors (Lipinski definition) is 1. The third-order valence-corrected chi connectivity index (χ3v) is 5.76. The van der Waals surface area contributed by atoms with Crippen LogP contribution in [-0.4, -0.2) is 66.9 Å². The molecule has 27 heavy (non-hydrogen) atoms. The third kappa shape index (κ3) is 3.08. The zero-order valence-electron chi connectivity index (χ0n) is 15.8. The molecule has 7 nitrogen and oxygen atoms in total. The average Bonchev–Trinajstić information content (AvgIpc) is 2.85. The summed E-state index contributed by atoms with van der Waals surface area (Å²) in [7, 11) is 0. The first-order valence-corrected chi connectivity index (χ1v) is 9.43. The Hall–Kier alpha value is -1.80. The SMILES string of the molecule is CC1(C)CC(=O)C(C2(O)C(=O)N(CN3CCOCC3)c3ccccc32)CO1. The Bertz CT molecular complexity index is 758. The van der Waals surface area contributed by atoms with E-state index < -0.39 is 23.0 Å².